The molecule has 0 aromatic carbocycles. The summed E-state index contributed by atoms with van der Waals surface area (Å²) in [7, 11) is 0. The third-order valence-corrected chi connectivity index (χ3v) is 4.32. The smallest absolute Gasteiger partial charge is 0.122 e. The van der Waals surface area contributed by atoms with E-state index in [-0.39, 0.29) is 5.92 Å². The van der Waals surface area contributed by atoms with E-state index in [1.165, 1.54) is 25.7 Å². The lowest BCUT2D eigenvalue weighted by atomic mass is 9.89. The predicted molar refractivity (Wildman–Crippen MR) is 86.9 cm³/mol. The molecule has 0 aromatic heterocycles. The normalized spacial score (nSPS) is 17.4. The molecule has 0 amide bonds. The van der Waals surface area contributed by atoms with Gasteiger partial charge in [-0.1, -0.05) is 65.7 Å². The quantitative estimate of drug-likeness (QED) is 0.376. The second-order valence-electron chi connectivity index (χ2n) is 7.00. The van der Waals surface area contributed by atoms with Gasteiger partial charge in [-0.2, -0.15) is 0 Å². The highest BCUT2D eigenvalue weighted by Crippen LogP contribution is 2.24. The monoisotopic (exact) mass is 284 g/mol. The molecule has 0 aliphatic rings. The molecule has 0 saturated carbocycles. The molecule has 0 aliphatic carbocycles. The Morgan fingerprint density at radius 1 is 1.00 bits per heavy atom. The van der Waals surface area contributed by atoms with Crippen LogP contribution in [0.15, 0.2) is 0 Å². The molecule has 0 rings (SSSR count). The molecule has 3 unspecified atom stereocenters. The molecule has 0 aliphatic heterocycles. The SMILES string of the molecule is CCCCCC(C)(O)CCCC(C)CCCC(C)C=O. The first-order valence-electron chi connectivity index (χ1n) is 8.59. The van der Waals surface area contributed by atoms with Crippen molar-refractivity contribution in [3.05, 3.63) is 0 Å². The van der Waals surface area contributed by atoms with E-state index in [1.54, 1.807) is 0 Å². The van der Waals surface area contributed by atoms with E-state index in [0.29, 0.717) is 5.92 Å². The molecule has 2 heteroatoms. The van der Waals surface area contributed by atoms with Crippen molar-refractivity contribution in [1.29, 1.82) is 0 Å². The topological polar surface area (TPSA) is 37.3 Å². The zero-order valence-corrected chi connectivity index (χ0v) is 14.2. The van der Waals surface area contributed by atoms with Gasteiger partial charge < -0.3 is 9.90 Å². The Labute approximate surface area is 126 Å². The number of unbranched alkanes of at least 4 members (excludes halogenated alkanes) is 2. The molecule has 0 spiro atoms. The number of rotatable bonds is 13. The molecule has 0 bridgehead atoms. The third kappa shape index (κ3) is 11.5. The van der Waals surface area contributed by atoms with Crippen molar-refractivity contribution in [3.63, 3.8) is 0 Å². The van der Waals surface area contributed by atoms with Gasteiger partial charge in [-0.15, -0.1) is 0 Å². The molecule has 0 aromatic rings. The van der Waals surface area contributed by atoms with E-state index in [9.17, 15) is 9.90 Å². The van der Waals surface area contributed by atoms with E-state index in [4.69, 9.17) is 0 Å². The van der Waals surface area contributed by atoms with Crippen molar-refractivity contribution >= 4 is 6.29 Å². The van der Waals surface area contributed by atoms with Gasteiger partial charge >= 0.3 is 0 Å². The highest BCUT2D eigenvalue weighted by molar-refractivity contribution is 5.52. The highest BCUT2D eigenvalue weighted by atomic mass is 16.3. The van der Waals surface area contributed by atoms with Gasteiger partial charge in [0.2, 0.25) is 0 Å². The molecule has 0 saturated heterocycles. The maximum atomic E-state index is 10.5. The molecule has 120 valence electrons. The Kier molecular flexibility index (Phi) is 11.1. The number of carbonyl (C=O) groups excluding carboxylic acids is 1. The van der Waals surface area contributed by atoms with Gasteiger partial charge in [-0.3, -0.25) is 0 Å². The van der Waals surface area contributed by atoms with Crippen LogP contribution in [0.1, 0.15) is 91.9 Å². The van der Waals surface area contributed by atoms with Crippen LogP contribution in [-0.2, 0) is 4.79 Å². The zero-order chi connectivity index (χ0) is 15.4. The lowest BCUT2D eigenvalue weighted by Crippen LogP contribution is -2.23. The van der Waals surface area contributed by atoms with Crippen molar-refractivity contribution < 1.29 is 9.90 Å². The summed E-state index contributed by atoms with van der Waals surface area (Å²) in [5, 5.41) is 10.3. The lowest BCUT2D eigenvalue weighted by Gasteiger charge is -2.24. The highest BCUT2D eigenvalue weighted by Gasteiger charge is 2.19. The number of hydrogen-bond acceptors (Lipinski definition) is 2. The Morgan fingerprint density at radius 2 is 1.60 bits per heavy atom. The Morgan fingerprint density at radius 3 is 2.20 bits per heavy atom. The minimum absolute atomic E-state index is 0.210. The van der Waals surface area contributed by atoms with Crippen LogP contribution in [0.4, 0.5) is 0 Å². The first kappa shape index (κ1) is 19.6. The molecule has 0 radical (unpaired) electrons. The van der Waals surface area contributed by atoms with E-state index >= 15 is 0 Å². The van der Waals surface area contributed by atoms with Gasteiger partial charge in [0, 0.05) is 5.92 Å². The summed E-state index contributed by atoms with van der Waals surface area (Å²) >= 11 is 0. The van der Waals surface area contributed by atoms with E-state index in [0.717, 1.165) is 44.8 Å². The summed E-state index contributed by atoms with van der Waals surface area (Å²) in [6, 6.07) is 0. The van der Waals surface area contributed by atoms with Gasteiger partial charge in [0.05, 0.1) is 5.60 Å². The van der Waals surface area contributed by atoms with Crippen LogP contribution in [0.2, 0.25) is 0 Å². The minimum atomic E-state index is -0.471. The van der Waals surface area contributed by atoms with Crippen molar-refractivity contribution in [1.82, 2.24) is 0 Å². The fourth-order valence-corrected chi connectivity index (χ4v) is 2.71. The Bertz CT molecular complexity index is 236. The summed E-state index contributed by atoms with van der Waals surface area (Å²) in [4.78, 5) is 10.5. The van der Waals surface area contributed by atoms with Gasteiger partial charge in [0.1, 0.15) is 6.29 Å². The summed E-state index contributed by atoms with van der Waals surface area (Å²) in [5.74, 6) is 0.918. The zero-order valence-electron chi connectivity index (χ0n) is 14.2. The number of carbonyl (C=O) groups is 1. The molecular weight excluding hydrogens is 248 g/mol. The number of aliphatic hydroxyl groups is 1. The summed E-state index contributed by atoms with van der Waals surface area (Å²) in [5.41, 5.74) is -0.471. The second kappa shape index (κ2) is 11.3. The van der Waals surface area contributed by atoms with E-state index in [1.807, 2.05) is 13.8 Å². The fourth-order valence-electron chi connectivity index (χ4n) is 2.71. The Balaban J connectivity index is 3.63. The predicted octanol–water partition coefficient (Wildman–Crippen LogP) is 5.13. The standard InChI is InChI=1S/C18H36O2/c1-5-6-7-13-18(4,20)14-9-12-16(2)10-8-11-17(3)15-19/h15-17,20H,5-14H2,1-4H3. The third-order valence-electron chi connectivity index (χ3n) is 4.32. The van der Waals surface area contributed by atoms with Crippen LogP contribution in [-0.4, -0.2) is 17.0 Å². The van der Waals surface area contributed by atoms with Crippen LogP contribution in [0.25, 0.3) is 0 Å². The lowest BCUT2D eigenvalue weighted by molar-refractivity contribution is -0.110. The van der Waals surface area contributed by atoms with Crippen molar-refractivity contribution in [2.24, 2.45) is 11.8 Å². The molecule has 0 fully saturated rings. The van der Waals surface area contributed by atoms with Gasteiger partial charge in [0.25, 0.3) is 0 Å². The van der Waals surface area contributed by atoms with E-state index in [2.05, 4.69) is 13.8 Å². The van der Waals surface area contributed by atoms with Gasteiger partial charge in [-0.05, 0) is 32.1 Å². The summed E-state index contributed by atoms with van der Waals surface area (Å²) < 4.78 is 0. The molecule has 0 heterocycles. The van der Waals surface area contributed by atoms with Crippen molar-refractivity contribution in [3.8, 4) is 0 Å². The number of hydrogen-bond donors (Lipinski definition) is 1. The van der Waals surface area contributed by atoms with Gasteiger partial charge in [-0.25, -0.2) is 0 Å². The van der Waals surface area contributed by atoms with Gasteiger partial charge in [0.15, 0.2) is 0 Å². The molecular formula is C18H36O2. The summed E-state index contributed by atoms with van der Waals surface area (Å²) in [6.07, 6.45) is 12.2. The van der Waals surface area contributed by atoms with Crippen molar-refractivity contribution in [2.75, 3.05) is 0 Å². The van der Waals surface area contributed by atoms with Crippen LogP contribution >= 0.6 is 0 Å². The summed E-state index contributed by atoms with van der Waals surface area (Å²) in [6.45, 7) is 8.46. The van der Waals surface area contributed by atoms with E-state index < -0.39 is 5.60 Å². The fraction of sp³-hybridized carbons (Fsp3) is 0.944. The van der Waals surface area contributed by atoms with Crippen LogP contribution < -0.4 is 0 Å². The maximum absolute atomic E-state index is 10.5. The van der Waals surface area contributed by atoms with Crippen LogP contribution in [0, 0.1) is 11.8 Å². The Hall–Kier alpha value is -0.370. The molecule has 1 N–H and O–H groups in total. The van der Waals surface area contributed by atoms with Crippen LogP contribution in [0.3, 0.4) is 0 Å². The average molecular weight is 284 g/mol. The maximum Gasteiger partial charge on any atom is 0.122 e. The average Bonchev–Trinajstić information content (AvgIpc) is 2.38. The van der Waals surface area contributed by atoms with Crippen molar-refractivity contribution in [2.45, 2.75) is 97.5 Å². The number of aldehydes is 1. The first-order valence-corrected chi connectivity index (χ1v) is 8.59. The largest absolute Gasteiger partial charge is 0.390 e. The van der Waals surface area contributed by atoms with Crippen LogP contribution in [0.5, 0.6) is 0 Å². The first-order chi connectivity index (χ1) is 9.41. The molecule has 20 heavy (non-hydrogen) atoms. The second-order valence-corrected chi connectivity index (χ2v) is 7.00. The molecule has 2 nitrogen and oxygen atoms in total. The minimum Gasteiger partial charge on any atom is -0.390 e. The molecule has 3 atom stereocenters.